The summed E-state index contributed by atoms with van der Waals surface area (Å²) in [5.74, 6) is 1.66. The molecule has 0 aliphatic rings. The predicted molar refractivity (Wildman–Crippen MR) is 94.2 cm³/mol. The standard InChI is InChI=1S/C17H20INO2/c1-4-19-17(12-8-10-13(18)11-9-12)16-14(20-2)6-5-7-15(16)21-3/h5-11,17,19H,4H2,1-3H3. The molecule has 0 saturated heterocycles. The van der Waals surface area contributed by atoms with Crippen LogP contribution in [0.1, 0.15) is 24.1 Å². The second kappa shape index (κ2) is 7.66. The molecule has 1 atom stereocenters. The van der Waals surface area contributed by atoms with E-state index < -0.39 is 0 Å². The molecule has 3 nitrogen and oxygen atoms in total. The molecule has 0 heterocycles. The fourth-order valence-electron chi connectivity index (χ4n) is 2.41. The molecule has 0 amide bonds. The zero-order valence-corrected chi connectivity index (χ0v) is 14.7. The van der Waals surface area contributed by atoms with Crippen LogP contribution in [-0.4, -0.2) is 20.8 Å². The van der Waals surface area contributed by atoms with Gasteiger partial charge in [0.2, 0.25) is 0 Å². The lowest BCUT2D eigenvalue weighted by molar-refractivity contribution is 0.377. The first-order chi connectivity index (χ1) is 10.2. The van der Waals surface area contributed by atoms with Gasteiger partial charge in [-0.05, 0) is 59.0 Å². The summed E-state index contributed by atoms with van der Waals surface area (Å²) in [6.45, 7) is 2.96. The van der Waals surface area contributed by atoms with Crippen molar-refractivity contribution < 1.29 is 9.47 Å². The third-order valence-corrected chi connectivity index (χ3v) is 4.09. The van der Waals surface area contributed by atoms with Gasteiger partial charge in [0, 0.05) is 3.57 Å². The Morgan fingerprint density at radius 2 is 1.57 bits per heavy atom. The molecule has 4 heteroatoms. The van der Waals surface area contributed by atoms with Gasteiger partial charge in [-0.15, -0.1) is 0 Å². The van der Waals surface area contributed by atoms with Gasteiger partial charge >= 0.3 is 0 Å². The minimum absolute atomic E-state index is 0.0399. The summed E-state index contributed by atoms with van der Waals surface area (Å²) in [5.41, 5.74) is 2.23. The number of nitrogens with one attached hydrogen (secondary N) is 1. The molecule has 0 fully saturated rings. The lowest BCUT2D eigenvalue weighted by atomic mass is 9.96. The highest BCUT2D eigenvalue weighted by atomic mass is 127. The molecule has 2 aromatic rings. The van der Waals surface area contributed by atoms with E-state index in [1.54, 1.807) is 14.2 Å². The molecule has 0 aliphatic carbocycles. The summed E-state index contributed by atoms with van der Waals surface area (Å²) in [7, 11) is 3.38. The van der Waals surface area contributed by atoms with Crippen molar-refractivity contribution in [1.29, 1.82) is 0 Å². The number of benzene rings is 2. The Kier molecular flexibility index (Phi) is 5.87. The van der Waals surface area contributed by atoms with Gasteiger partial charge in [0.05, 0.1) is 25.8 Å². The van der Waals surface area contributed by atoms with Crippen LogP contribution in [0, 0.1) is 3.57 Å². The molecule has 1 N–H and O–H groups in total. The van der Waals surface area contributed by atoms with Gasteiger partial charge in [-0.1, -0.05) is 25.1 Å². The minimum Gasteiger partial charge on any atom is -0.496 e. The third kappa shape index (κ3) is 3.68. The molecule has 0 spiro atoms. The fraction of sp³-hybridized carbons (Fsp3) is 0.294. The summed E-state index contributed by atoms with van der Waals surface area (Å²) in [5, 5.41) is 3.52. The Balaban J connectivity index is 2.54. The maximum Gasteiger partial charge on any atom is 0.127 e. The van der Waals surface area contributed by atoms with Crippen LogP contribution in [-0.2, 0) is 0 Å². The number of halogens is 1. The van der Waals surface area contributed by atoms with E-state index in [4.69, 9.17) is 9.47 Å². The second-order valence-electron chi connectivity index (χ2n) is 4.62. The van der Waals surface area contributed by atoms with Crippen molar-refractivity contribution in [1.82, 2.24) is 5.32 Å². The maximum atomic E-state index is 5.54. The van der Waals surface area contributed by atoms with Crippen LogP contribution < -0.4 is 14.8 Å². The van der Waals surface area contributed by atoms with Gasteiger partial charge in [-0.2, -0.15) is 0 Å². The smallest absolute Gasteiger partial charge is 0.127 e. The summed E-state index contributed by atoms with van der Waals surface area (Å²) in [6, 6.07) is 14.4. The lowest BCUT2D eigenvalue weighted by Crippen LogP contribution is -2.23. The normalized spacial score (nSPS) is 12.0. The van der Waals surface area contributed by atoms with E-state index in [0.717, 1.165) is 23.6 Å². The van der Waals surface area contributed by atoms with Crippen LogP contribution in [0.2, 0.25) is 0 Å². The highest BCUT2D eigenvalue weighted by Gasteiger charge is 2.21. The van der Waals surface area contributed by atoms with Gasteiger partial charge in [-0.25, -0.2) is 0 Å². The Hall–Kier alpha value is -1.27. The summed E-state index contributed by atoms with van der Waals surface area (Å²) in [6.07, 6.45) is 0. The Labute approximate surface area is 139 Å². The summed E-state index contributed by atoms with van der Waals surface area (Å²) in [4.78, 5) is 0. The number of ether oxygens (including phenoxy) is 2. The predicted octanol–water partition coefficient (Wildman–Crippen LogP) is 4.01. The van der Waals surface area contributed by atoms with Crippen molar-refractivity contribution in [3.05, 3.63) is 57.2 Å². The van der Waals surface area contributed by atoms with Crippen molar-refractivity contribution in [2.24, 2.45) is 0 Å². The zero-order chi connectivity index (χ0) is 15.2. The van der Waals surface area contributed by atoms with Crippen molar-refractivity contribution in [2.75, 3.05) is 20.8 Å². The van der Waals surface area contributed by atoms with Crippen molar-refractivity contribution >= 4 is 22.6 Å². The van der Waals surface area contributed by atoms with Crippen molar-refractivity contribution in [2.45, 2.75) is 13.0 Å². The molecule has 0 radical (unpaired) electrons. The Bertz CT molecular complexity index is 562. The van der Waals surface area contributed by atoms with Crippen LogP contribution in [0.25, 0.3) is 0 Å². The van der Waals surface area contributed by atoms with Crippen LogP contribution in [0.5, 0.6) is 11.5 Å². The van der Waals surface area contributed by atoms with E-state index in [1.807, 2.05) is 18.2 Å². The van der Waals surface area contributed by atoms with Gasteiger partial charge in [0.15, 0.2) is 0 Å². The molecule has 1 unspecified atom stereocenters. The average molecular weight is 397 g/mol. The third-order valence-electron chi connectivity index (χ3n) is 3.37. The Morgan fingerprint density at radius 3 is 2.05 bits per heavy atom. The first kappa shape index (κ1) is 16.1. The summed E-state index contributed by atoms with van der Waals surface area (Å²) >= 11 is 2.31. The molecule has 112 valence electrons. The highest BCUT2D eigenvalue weighted by molar-refractivity contribution is 14.1. The minimum atomic E-state index is 0.0399. The molecular weight excluding hydrogens is 377 g/mol. The van der Waals surface area contributed by atoms with E-state index in [2.05, 4.69) is 59.1 Å². The first-order valence-electron chi connectivity index (χ1n) is 6.91. The molecule has 0 aromatic heterocycles. The van der Waals surface area contributed by atoms with Gasteiger partial charge in [0.25, 0.3) is 0 Å². The monoisotopic (exact) mass is 397 g/mol. The molecule has 0 bridgehead atoms. The number of hydrogen-bond acceptors (Lipinski definition) is 3. The van der Waals surface area contributed by atoms with Crippen LogP contribution >= 0.6 is 22.6 Å². The quantitative estimate of drug-likeness (QED) is 0.748. The van der Waals surface area contributed by atoms with Crippen LogP contribution in [0.15, 0.2) is 42.5 Å². The largest absolute Gasteiger partial charge is 0.496 e. The van der Waals surface area contributed by atoms with E-state index in [9.17, 15) is 0 Å². The lowest BCUT2D eigenvalue weighted by Gasteiger charge is -2.23. The first-order valence-corrected chi connectivity index (χ1v) is 7.98. The fourth-order valence-corrected chi connectivity index (χ4v) is 2.77. The molecular formula is C17H20INO2. The van der Waals surface area contributed by atoms with Gasteiger partial charge < -0.3 is 14.8 Å². The molecule has 2 aromatic carbocycles. The van der Waals surface area contributed by atoms with E-state index in [1.165, 1.54) is 9.13 Å². The second-order valence-corrected chi connectivity index (χ2v) is 5.86. The van der Waals surface area contributed by atoms with E-state index in [0.29, 0.717) is 0 Å². The highest BCUT2D eigenvalue weighted by Crippen LogP contribution is 2.37. The van der Waals surface area contributed by atoms with Crippen LogP contribution in [0.4, 0.5) is 0 Å². The molecule has 2 rings (SSSR count). The molecule has 0 saturated carbocycles. The Morgan fingerprint density at radius 1 is 1.00 bits per heavy atom. The zero-order valence-electron chi connectivity index (χ0n) is 12.5. The average Bonchev–Trinajstić information content (AvgIpc) is 2.53. The number of hydrogen-bond donors (Lipinski definition) is 1. The van der Waals surface area contributed by atoms with Gasteiger partial charge in [-0.3, -0.25) is 0 Å². The van der Waals surface area contributed by atoms with Crippen molar-refractivity contribution in [3.63, 3.8) is 0 Å². The van der Waals surface area contributed by atoms with E-state index >= 15 is 0 Å². The number of rotatable bonds is 6. The number of methoxy groups -OCH3 is 2. The molecule has 21 heavy (non-hydrogen) atoms. The van der Waals surface area contributed by atoms with Crippen LogP contribution in [0.3, 0.4) is 0 Å². The van der Waals surface area contributed by atoms with E-state index in [-0.39, 0.29) is 6.04 Å². The van der Waals surface area contributed by atoms with Crippen molar-refractivity contribution in [3.8, 4) is 11.5 Å². The molecule has 0 aliphatic heterocycles. The maximum absolute atomic E-state index is 5.54. The summed E-state index contributed by atoms with van der Waals surface area (Å²) < 4.78 is 12.3. The van der Waals surface area contributed by atoms with Gasteiger partial charge in [0.1, 0.15) is 11.5 Å². The SMILES string of the molecule is CCNC(c1ccc(I)cc1)c1c(OC)cccc1OC. The topological polar surface area (TPSA) is 30.5 Å².